The monoisotopic (exact) mass is 382 g/mol. The molecule has 0 bridgehead atoms. The van der Waals surface area contributed by atoms with Gasteiger partial charge in [-0.05, 0) is 30.3 Å². The van der Waals surface area contributed by atoms with Gasteiger partial charge in [0.15, 0.2) is 5.69 Å². The topological polar surface area (TPSA) is 129 Å². The summed E-state index contributed by atoms with van der Waals surface area (Å²) in [4.78, 5) is 22.9. The van der Waals surface area contributed by atoms with E-state index in [2.05, 4.69) is 20.1 Å². The maximum atomic E-state index is 11.5. The molecule has 0 aliphatic carbocycles. The molecule has 9 heteroatoms. The van der Waals surface area contributed by atoms with Crippen molar-refractivity contribution >= 4 is 11.9 Å². The van der Waals surface area contributed by atoms with Gasteiger partial charge in [-0.3, -0.25) is 4.79 Å². The van der Waals surface area contributed by atoms with Gasteiger partial charge in [0, 0.05) is 5.56 Å². The first-order chi connectivity index (χ1) is 13.6. The summed E-state index contributed by atoms with van der Waals surface area (Å²) >= 11 is 0. The van der Waals surface area contributed by atoms with Gasteiger partial charge in [0.25, 0.3) is 5.91 Å². The molecular formula is C19H18N4O5. The minimum atomic E-state index is -0.669. The average Bonchev–Trinajstić information content (AvgIpc) is 3.21. The van der Waals surface area contributed by atoms with Gasteiger partial charge in [-0.25, -0.2) is 4.79 Å². The summed E-state index contributed by atoms with van der Waals surface area (Å²) in [7, 11) is 1.32. The number of hydrogen-bond donors (Lipinski definition) is 2. The van der Waals surface area contributed by atoms with E-state index >= 15 is 0 Å². The number of esters is 1. The van der Waals surface area contributed by atoms with Gasteiger partial charge in [-0.1, -0.05) is 18.2 Å². The number of nitrogens with one attached hydrogen (secondary N) is 1. The summed E-state index contributed by atoms with van der Waals surface area (Å²) in [5.41, 5.74) is 6.76. The average molecular weight is 382 g/mol. The number of ether oxygens (including phenoxy) is 3. The highest BCUT2D eigenvalue weighted by molar-refractivity contribution is 5.96. The molecule has 2 aromatic carbocycles. The molecule has 3 aromatic rings. The Hall–Kier alpha value is -3.88. The zero-order valence-corrected chi connectivity index (χ0v) is 15.0. The normalized spacial score (nSPS) is 10.3. The van der Waals surface area contributed by atoms with Crippen molar-refractivity contribution in [3.63, 3.8) is 0 Å². The van der Waals surface area contributed by atoms with Crippen LogP contribution in [-0.4, -0.2) is 47.6 Å². The molecule has 3 rings (SSSR count). The Morgan fingerprint density at radius 1 is 1.00 bits per heavy atom. The lowest BCUT2D eigenvalue weighted by atomic mass is 10.1. The number of methoxy groups -OCH3 is 1. The fourth-order valence-electron chi connectivity index (χ4n) is 2.49. The second-order valence-electron chi connectivity index (χ2n) is 5.63. The molecule has 9 nitrogen and oxygen atoms in total. The van der Waals surface area contributed by atoms with E-state index < -0.39 is 11.9 Å². The van der Waals surface area contributed by atoms with E-state index in [0.29, 0.717) is 28.3 Å². The first kappa shape index (κ1) is 18.9. The summed E-state index contributed by atoms with van der Waals surface area (Å²) < 4.78 is 15.9. The third-order valence-corrected chi connectivity index (χ3v) is 3.76. The van der Waals surface area contributed by atoms with Gasteiger partial charge in [0.2, 0.25) is 0 Å². The molecule has 1 amide bonds. The first-order valence-electron chi connectivity index (χ1n) is 8.33. The number of rotatable bonds is 8. The summed E-state index contributed by atoms with van der Waals surface area (Å²) in [5, 5.41) is 10.1. The lowest BCUT2D eigenvalue weighted by Crippen LogP contribution is -2.12. The molecule has 0 aliphatic heterocycles. The number of H-pyrrole nitrogens is 1. The zero-order valence-electron chi connectivity index (χ0n) is 15.0. The van der Waals surface area contributed by atoms with Gasteiger partial charge >= 0.3 is 5.97 Å². The molecule has 0 radical (unpaired) electrons. The molecule has 0 atom stereocenters. The summed E-state index contributed by atoms with van der Waals surface area (Å²) in [5.74, 6) is 0.0103. The van der Waals surface area contributed by atoms with E-state index in [1.54, 1.807) is 48.5 Å². The second-order valence-corrected chi connectivity index (χ2v) is 5.63. The van der Waals surface area contributed by atoms with Gasteiger partial charge < -0.3 is 19.9 Å². The number of carbonyl (C=O) groups is 2. The van der Waals surface area contributed by atoms with Crippen molar-refractivity contribution in [1.82, 2.24) is 15.4 Å². The molecule has 1 heterocycles. The van der Waals surface area contributed by atoms with Crippen LogP contribution in [0, 0.1) is 0 Å². The number of nitrogens with zero attached hydrogens (tertiary/aromatic N) is 2. The number of amides is 1. The Morgan fingerprint density at radius 2 is 1.68 bits per heavy atom. The maximum Gasteiger partial charge on any atom is 0.337 e. The van der Waals surface area contributed by atoms with Crippen molar-refractivity contribution in [2.45, 2.75) is 0 Å². The van der Waals surface area contributed by atoms with E-state index in [-0.39, 0.29) is 18.9 Å². The van der Waals surface area contributed by atoms with Crippen LogP contribution in [0.3, 0.4) is 0 Å². The van der Waals surface area contributed by atoms with Crippen LogP contribution >= 0.6 is 0 Å². The van der Waals surface area contributed by atoms with E-state index in [1.165, 1.54) is 7.11 Å². The van der Waals surface area contributed by atoms with Crippen molar-refractivity contribution < 1.29 is 23.8 Å². The fraction of sp³-hybridized carbons (Fsp3) is 0.158. The Balaban J connectivity index is 1.58. The molecular weight excluding hydrogens is 364 g/mol. The van der Waals surface area contributed by atoms with Crippen LogP contribution in [0.25, 0.3) is 11.3 Å². The lowest BCUT2D eigenvalue weighted by molar-refractivity contribution is 0.0600. The number of aromatic nitrogens is 3. The fourth-order valence-corrected chi connectivity index (χ4v) is 2.49. The van der Waals surface area contributed by atoms with Gasteiger partial charge in [-0.2, -0.15) is 15.4 Å². The van der Waals surface area contributed by atoms with E-state index in [0.717, 1.165) is 0 Å². The largest absolute Gasteiger partial charge is 0.490 e. The van der Waals surface area contributed by atoms with Crippen LogP contribution in [0.4, 0.5) is 0 Å². The van der Waals surface area contributed by atoms with Crippen LogP contribution in [0.2, 0.25) is 0 Å². The van der Waals surface area contributed by atoms with Crippen molar-refractivity contribution in [2.75, 3.05) is 20.3 Å². The summed E-state index contributed by atoms with van der Waals surface area (Å²) in [6, 6.07) is 13.7. The minimum absolute atomic E-state index is 0.0611. The predicted octanol–water partition coefficient (Wildman–Crippen LogP) is 1.81. The molecule has 0 unspecified atom stereocenters. The van der Waals surface area contributed by atoms with Gasteiger partial charge in [-0.15, -0.1) is 0 Å². The Morgan fingerprint density at radius 3 is 2.36 bits per heavy atom. The van der Waals surface area contributed by atoms with Crippen molar-refractivity contribution in [3.05, 3.63) is 59.8 Å². The highest BCUT2D eigenvalue weighted by atomic mass is 16.5. The van der Waals surface area contributed by atoms with E-state index in [4.69, 9.17) is 15.2 Å². The Labute approximate surface area is 160 Å². The molecule has 0 saturated carbocycles. The standard InChI is InChI=1S/C19H18N4O5/c1-26-19(25)13-5-3-7-15(11-13)28-9-8-27-14-6-2-4-12(10-14)16-17(18(20)24)22-23-21-16/h2-7,10-11H,8-9H2,1H3,(H2,20,24)(H,21,22,23). The van der Waals surface area contributed by atoms with Crippen molar-refractivity contribution in [3.8, 4) is 22.8 Å². The quantitative estimate of drug-likeness (QED) is 0.449. The van der Waals surface area contributed by atoms with Crippen LogP contribution in [0.5, 0.6) is 11.5 Å². The highest BCUT2D eigenvalue weighted by Crippen LogP contribution is 2.24. The molecule has 0 fully saturated rings. The molecule has 3 N–H and O–H groups in total. The van der Waals surface area contributed by atoms with Crippen molar-refractivity contribution in [2.24, 2.45) is 5.73 Å². The summed E-state index contributed by atoms with van der Waals surface area (Å²) in [6.07, 6.45) is 0. The molecule has 0 saturated heterocycles. The van der Waals surface area contributed by atoms with Crippen LogP contribution < -0.4 is 15.2 Å². The SMILES string of the molecule is COC(=O)c1cccc(OCCOc2cccc(-c3n[nH]nc3C(N)=O)c2)c1. The minimum Gasteiger partial charge on any atom is -0.490 e. The second kappa shape index (κ2) is 8.67. The van der Waals surface area contributed by atoms with E-state index in [9.17, 15) is 9.59 Å². The molecule has 0 spiro atoms. The molecule has 0 aliphatic rings. The zero-order chi connectivity index (χ0) is 19.9. The number of carbonyl (C=O) groups excluding carboxylic acids is 2. The molecule has 144 valence electrons. The predicted molar refractivity (Wildman–Crippen MR) is 99.1 cm³/mol. The molecule has 1 aromatic heterocycles. The third-order valence-electron chi connectivity index (χ3n) is 3.76. The number of primary amides is 1. The Kier molecular flexibility index (Phi) is 5.85. The summed E-state index contributed by atoms with van der Waals surface area (Å²) in [6.45, 7) is 0.540. The van der Waals surface area contributed by atoms with Crippen LogP contribution in [0.1, 0.15) is 20.8 Å². The number of benzene rings is 2. The van der Waals surface area contributed by atoms with E-state index in [1.807, 2.05) is 0 Å². The smallest absolute Gasteiger partial charge is 0.337 e. The maximum absolute atomic E-state index is 11.5. The highest BCUT2D eigenvalue weighted by Gasteiger charge is 2.15. The van der Waals surface area contributed by atoms with Gasteiger partial charge in [0.05, 0.1) is 12.7 Å². The number of aromatic amines is 1. The lowest BCUT2D eigenvalue weighted by Gasteiger charge is -2.10. The molecule has 28 heavy (non-hydrogen) atoms. The number of hydrogen-bond acceptors (Lipinski definition) is 7. The number of nitrogens with two attached hydrogens (primary N) is 1. The Bertz CT molecular complexity index is 986. The van der Waals surface area contributed by atoms with Crippen LogP contribution in [-0.2, 0) is 4.74 Å². The third kappa shape index (κ3) is 4.44. The van der Waals surface area contributed by atoms with Crippen LogP contribution in [0.15, 0.2) is 48.5 Å². The first-order valence-corrected chi connectivity index (χ1v) is 8.33. The van der Waals surface area contributed by atoms with Crippen molar-refractivity contribution in [1.29, 1.82) is 0 Å². The van der Waals surface area contributed by atoms with Gasteiger partial charge in [0.1, 0.15) is 30.4 Å².